The van der Waals surface area contributed by atoms with Crippen molar-refractivity contribution >= 4 is 5.91 Å². The summed E-state index contributed by atoms with van der Waals surface area (Å²) < 4.78 is 0. The first-order valence-corrected chi connectivity index (χ1v) is 6.69. The molecular weight excluding hydrogens is 224 g/mol. The average molecular weight is 248 g/mol. The molecule has 18 heavy (non-hydrogen) atoms. The van der Waals surface area contributed by atoms with Crippen LogP contribution in [0.1, 0.15) is 38.3 Å². The molecule has 0 fully saturated rings. The number of amides is 1. The van der Waals surface area contributed by atoms with Crippen LogP contribution in [0, 0.1) is 0 Å². The van der Waals surface area contributed by atoms with Gasteiger partial charge in [0.15, 0.2) is 0 Å². The fraction of sp³-hybridized carbons (Fsp3) is 0.533. The second-order valence-electron chi connectivity index (χ2n) is 4.65. The maximum atomic E-state index is 11.8. The molecule has 1 atom stereocenters. The summed E-state index contributed by atoms with van der Waals surface area (Å²) in [4.78, 5) is 13.7. The van der Waals surface area contributed by atoms with Gasteiger partial charge in [0.05, 0.1) is 6.54 Å². The molecule has 1 amide bonds. The summed E-state index contributed by atoms with van der Waals surface area (Å²) in [6.07, 6.45) is 1.98. The van der Waals surface area contributed by atoms with Gasteiger partial charge in [-0.1, -0.05) is 38.1 Å². The lowest BCUT2D eigenvalue weighted by molar-refractivity contribution is -0.132. The molecule has 0 aliphatic carbocycles. The normalized spacial score (nSPS) is 12.2. The third kappa shape index (κ3) is 3.84. The number of carbonyl (C=O) groups excluding carboxylic acids is 1. The minimum atomic E-state index is 0.0175. The van der Waals surface area contributed by atoms with E-state index in [0.717, 1.165) is 18.4 Å². The molecule has 0 aliphatic heterocycles. The van der Waals surface area contributed by atoms with E-state index in [1.807, 2.05) is 4.90 Å². The molecule has 2 N–H and O–H groups in total. The lowest BCUT2D eigenvalue weighted by Crippen LogP contribution is -2.41. The van der Waals surface area contributed by atoms with Gasteiger partial charge in [-0.15, -0.1) is 0 Å². The molecule has 0 bridgehead atoms. The Kier molecular flexibility index (Phi) is 5.86. The number of carbonyl (C=O) groups is 1. The van der Waals surface area contributed by atoms with Crippen molar-refractivity contribution in [3.8, 4) is 0 Å². The van der Waals surface area contributed by atoms with E-state index in [1.165, 1.54) is 5.56 Å². The molecule has 0 aliphatic rings. The van der Waals surface area contributed by atoms with Gasteiger partial charge in [0, 0.05) is 12.6 Å². The van der Waals surface area contributed by atoms with Crippen molar-refractivity contribution in [2.75, 3.05) is 6.54 Å². The summed E-state index contributed by atoms with van der Waals surface area (Å²) in [6.45, 7) is 7.01. The third-order valence-corrected chi connectivity index (χ3v) is 3.40. The van der Waals surface area contributed by atoms with Crippen molar-refractivity contribution in [3.63, 3.8) is 0 Å². The summed E-state index contributed by atoms with van der Waals surface area (Å²) in [5, 5.41) is 0. The fourth-order valence-corrected chi connectivity index (χ4v) is 1.90. The van der Waals surface area contributed by atoms with E-state index in [9.17, 15) is 4.79 Å². The van der Waals surface area contributed by atoms with Crippen LogP contribution in [0.2, 0.25) is 0 Å². The molecule has 100 valence electrons. The van der Waals surface area contributed by atoms with Crippen LogP contribution in [-0.4, -0.2) is 23.4 Å². The van der Waals surface area contributed by atoms with Crippen LogP contribution in [0.5, 0.6) is 0 Å². The van der Waals surface area contributed by atoms with E-state index in [4.69, 9.17) is 5.73 Å². The van der Waals surface area contributed by atoms with Crippen LogP contribution in [0.15, 0.2) is 24.3 Å². The first kappa shape index (κ1) is 14.7. The summed E-state index contributed by atoms with van der Waals surface area (Å²) in [7, 11) is 0. The maximum absolute atomic E-state index is 11.8. The zero-order valence-corrected chi connectivity index (χ0v) is 11.6. The summed E-state index contributed by atoms with van der Waals surface area (Å²) >= 11 is 0. The van der Waals surface area contributed by atoms with Gasteiger partial charge in [0.2, 0.25) is 5.91 Å². The Morgan fingerprint density at radius 2 is 1.78 bits per heavy atom. The highest BCUT2D eigenvalue weighted by atomic mass is 16.2. The quantitative estimate of drug-likeness (QED) is 0.840. The van der Waals surface area contributed by atoms with Crippen LogP contribution < -0.4 is 5.73 Å². The topological polar surface area (TPSA) is 46.3 Å². The molecule has 1 unspecified atom stereocenters. The molecule has 1 rings (SSSR count). The standard InChI is InChI=1S/C15H24N2O/c1-4-12(3)17(15(18)10-16)11-14-8-6-13(5-2)7-9-14/h6-9,12H,4-5,10-11,16H2,1-3H3. The minimum Gasteiger partial charge on any atom is -0.335 e. The smallest absolute Gasteiger partial charge is 0.236 e. The van der Waals surface area contributed by atoms with E-state index < -0.39 is 0 Å². The number of hydrogen-bond donors (Lipinski definition) is 1. The summed E-state index contributed by atoms with van der Waals surface area (Å²) in [5.41, 5.74) is 7.95. The Morgan fingerprint density at radius 3 is 2.22 bits per heavy atom. The van der Waals surface area contributed by atoms with Gasteiger partial charge in [-0.3, -0.25) is 4.79 Å². The van der Waals surface area contributed by atoms with E-state index >= 15 is 0 Å². The van der Waals surface area contributed by atoms with E-state index in [-0.39, 0.29) is 18.5 Å². The molecule has 0 aromatic heterocycles. The number of benzene rings is 1. The van der Waals surface area contributed by atoms with E-state index in [2.05, 4.69) is 45.0 Å². The second kappa shape index (κ2) is 7.17. The van der Waals surface area contributed by atoms with Crippen molar-refractivity contribution in [1.82, 2.24) is 4.90 Å². The first-order chi connectivity index (χ1) is 8.62. The highest BCUT2D eigenvalue weighted by Crippen LogP contribution is 2.12. The molecule has 0 heterocycles. The van der Waals surface area contributed by atoms with Gasteiger partial charge in [0.25, 0.3) is 0 Å². The lowest BCUT2D eigenvalue weighted by Gasteiger charge is -2.28. The van der Waals surface area contributed by atoms with Crippen LogP contribution >= 0.6 is 0 Å². The second-order valence-corrected chi connectivity index (χ2v) is 4.65. The van der Waals surface area contributed by atoms with Crippen LogP contribution in [0.3, 0.4) is 0 Å². The summed E-state index contributed by atoms with van der Waals surface area (Å²) in [6, 6.07) is 8.66. The lowest BCUT2D eigenvalue weighted by atomic mass is 10.1. The fourth-order valence-electron chi connectivity index (χ4n) is 1.90. The van der Waals surface area contributed by atoms with E-state index in [0.29, 0.717) is 6.54 Å². The molecule has 0 radical (unpaired) electrons. The third-order valence-electron chi connectivity index (χ3n) is 3.40. The number of hydrogen-bond acceptors (Lipinski definition) is 2. The van der Waals surface area contributed by atoms with Gasteiger partial charge >= 0.3 is 0 Å². The molecule has 1 aromatic carbocycles. The monoisotopic (exact) mass is 248 g/mol. The van der Waals surface area contributed by atoms with Gasteiger partial charge in [-0.2, -0.15) is 0 Å². The Morgan fingerprint density at radius 1 is 1.22 bits per heavy atom. The first-order valence-electron chi connectivity index (χ1n) is 6.69. The Balaban J connectivity index is 2.78. The molecule has 0 saturated heterocycles. The summed E-state index contributed by atoms with van der Waals surface area (Å²) in [5.74, 6) is 0.0175. The Bertz CT molecular complexity index is 373. The van der Waals surface area contributed by atoms with Gasteiger partial charge in [0.1, 0.15) is 0 Å². The predicted molar refractivity (Wildman–Crippen MR) is 75.2 cm³/mol. The zero-order chi connectivity index (χ0) is 13.5. The van der Waals surface area contributed by atoms with Crippen LogP contribution in [0.4, 0.5) is 0 Å². The van der Waals surface area contributed by atoms with Crippen molar-refractivity contribution in [2.24, 2.45) is 5.73 Å². The van der Waals surface area contributed by atoms with Crippen LogP contribution in [-0.2, 0) is 17.8 Å². The van der Waals surface area contributed by atoms with E-state index in [1.54, 1.807) is 0 Å². The van der Waals surface area contributed by atoms with Crippen molar-refractivity contribution in [1.29, 1.82) is 0 Å². The molecule has 1 aromatic rings. The van der Waals surface area contributed by atoms with Gasteiger partial charge < -0.3 is 10.6 Å². The number of aryl methyl sites for hydroxylation is 1. The zero-order valence-electron chi connectivity index (χ0n) is 11.6. The molecule has 0 spiro atoms. The Labute approximate surface area is 110 Å². The highest BCUT2D eigenvalue weighted by molar-refractivity contribution is 5.78. The molecule has 3 nitrogen and oxygen atoms in total. The SMILES string of the molecule is CCc1ccc(CN(C(=O)CN)C(C)CC)cc1. The van der Waals surface area contributed by atoms with Crippen molar-refractivity contribution in [3.05, 3.63) is 35.4 Å². The van der Waals surface area contributed by atoms with Gasteiger partial charge in [-0.05, 0) is 30.9 Å². The number of nitrogens with two attached hydrogens (primary N) is 1. The molecule has 0 saturated carbocycles. The van der Waals surface area contributed by atoms with Crippen molar-refractivity contribution in [2.45, 2.75) is 46.2 Å². The number of rotatable bonds is 6. The van der Waals surface area contributed by atoms with Gasteiger partial charge in [-0.25, -0.2) is 0 Å². The van der Waals surface area contributed by atoms with Crippen LogP contribution in [0.25, 0.3) is 0 Å². The largest absolute Gasteiger partial charge is 0.335 e. The minimum absolute atomic E-state index is 0.0175. The molecular formula is C15H24N2O. The Hall–Kier alpha value is -1.35. The average Bonchev–Trinajstić information content (AvgIpc) is 2.43. The van der Waals surface area contributed by atoms with Crippen molar-refractivity contribution < 1.29 is 4.79 Å². The molecule has 3 heteroatoms. The number of nitrogens with zero attached hydrogens (tertiary/aromatic N) is 1. The maximum Gasteiger partial charge on any atom is 0.236 e. The highest BCUT2D eigenvalue weighted by Gasteiger charge is 2.17. The predicted octanol–water partition coefficient (Wildman–Crippen LogP) is 2.33.